The maximum absolute atomic E-state index is 13.2. The smallest absolute Gasteiger partial charge is 0.246 e. The Morgan fingerprint density at radius 2 is 1.09 bits per heavy atom. The van der Waals surface area contributed by atoms with Crippen LogP contribution >= 0.6 is 0 Å². The van der Waals surface area contributed by atoms with Crippen LogP contribution in [0.25, 0.3) is 0 Å². The van der Waals surface area contributed by atoms with E-state index < -0.39 is 47.9 Å². The number of amides is 2. The summed E-state index contributed by atoms with van der Waals surface area (Å²) in [4.78, 5) is 12.4. The van der Waals surface area contributed by atoms with Crippen LogP contribution in [0.5, 0.6) is 0 Å². The van der Waals surface area contributed by atoms with Crippen LogP contribution in [0.2, 0.25) is 0 Å². The third kappa shape index (κ3) is 4.09. The summed E-state index contributed by atoms with van der Waals surface area (Å²) >= 11 is 0. The van der Waals surface area contributed by atoms with Gasteiger partial charge in [0, 0.05) is 0 Å². The first-order valence-corrected chi connectivity index (χ1v) is 10.3. The van der Waals surface area contributed by atoms with Crippen molar-refractivity contribution < 1.29 is 29.4 Å². The van der Waals surface area contributed by atoms with Crippen molar-refractivity contribution in [1.82, 2.24) is 8.61 Å². The fourth-order valence-corrected chi connectivity index (χ4v) is 7.47. The van der Waals surface area contributed by atoms with E-state index in [1.54, 1.807) is 0 Å². The Bertz CT molecular complexity index is 784. The number of hydrogen-bond donors (Lipinski definition) is 0. The predicted octanol–water partition coefficient (Wildman–Crippen LogP) is 2.10. The quantitative estimate of drug-likeness (QED) is 0.663. The van der Waals surface area contributed by atoms with Gasteiger partial charge in [0.05, 0.1) is 11.1 Å². The van der Waals surface area contributed by atoms with Gasteiger partial charge < -0.3 is 0 Å². The number of rotatable bonds is 2. The average Bonchev–Trinajstić information content (AvgIpc) is 2.03. The van der Waals surface area contributed by atoms with Gasteiger partial charge in [-0.25, -0.2) is 13.4 Å². The first-order chi connectivity index (χ1) is 9.81. The van der Waals surface area contributed by atoms with Gasteiger partial charge in [-0.2, -0.15) is 16.8 Å². The van der Waals surface area contributed by atoms with Crippen molar-refractivity contribution in [2.45, 2.75) is 52.6 Å². The molecule has 0 N–H and O–H groups in total. The SMILES string of the molecule is CC(C)(C)N1C(=O)N(C(C)(C)C)S1(=NS(=O)(=O)F)=NS(=O)(=O)F. The van der Waals surface area contributed by atoms with Gasteiger partial charge in [0.15, 0.2) is 9.99 Å². The second kappa shape index (κ2) is 5.24. The summed E-state index contributed by atoms with van der Waals surface area (Å²) in [5.41, 5.74) is -2.37. The van der Waals surface area contributed by atoms with Crippen molar-refractivity contribution in [2.24, 2.45) is 7.54 Å². The number of carbonyl (C=O) groups is 1. The molecule has 23 heavy (non-hydrogen) atoms. The molecule has 1 aliphatic heterocycles. The Hall–Kier alpha value is -1.02. The Morgan fingerprint density at radius 1 is 0.826 bits per heavy atom. The number of carbonyl (C=O) groups excluding carboxylic acids is 1. The molecule has 0 atom stereocenters. The van der Waals surface area contributed by atoms with E-state index in [1.807, 2.05) is 0 Å². The van der Waals surface area contributed by atoms with Gasteiger partial charge in [0.1, 0.15) is 0 Å². The zero-order valence-corrected chi connectivity index (χ0v) is 15.8. The van der Waals surface area contributed by atoms with Crippen molar-refractivity contribution >= 4 is 36.8 Å². The molecule has 0 aliphatic carbocycles. The maximum Gasteiger partial charge on any atom is 0.427 e. The molecule has 0 saturated carbocycles. The summed E-state index contributed by atoms with van der Waals surface area (Å²) in [5, 5.41) is 0. The molecular weight excluding hydrogens is 378 g/mol. The number of hydrogen-bond acceptors (Lipinski definition) is 5. The third-order valence-corrected chi connectivity index (χ3v) is 7.85. The Balaban J connectivity index is 4.06. The van der Waals surface area contributed by atoms with Gasteiger partial charge in [0.2, 0.25) is 0 Å². The van der Waals surface area contributed by atoms with Gasteiger partial charge in [-0.15, -0.1) is 0 Å². The molecule has 0 aromatic heterocycles. The Labute approximate surface area is 135 Å². The molecule has 1 heterocycles. The highest BCUT2D eigenvalue weighted by Crippen LogP contribution is 2.42. The van der Waals surface area contributed by atoms with E-state index in [2.05, 4.69) is 7.54 Å². The van der Waals surface area contributed by atoms with Crippen LogP contribution in [0, 0.1) is 0 Å². The van der Waals surface area contributed by atoms with Gasteiger partial charge in [0.25, 0.3) is 0 Å². The lowest BCUT2D eigenvalue weighted by atomic mass is 10.1. The molecule has 0 bridgehead atoms. The van der Waals surface area contributed by atoms with Gasteiger partial charge in [-0.1, -0.05) is 15.3 Å². The summed E-state index contributed by atoms with van der Waals surface area (Å²) in [6.45, 7) is 8.54. The molecule has 136 valence electrons. The lowest BCUT2D eigenvalue weighted by molar-refractivity contribution is 0.129. The fraction of sp³-hybridized carbons (Fsp3) is 0.889. The van der Waals surface area contributed by atoms with Crippen LogP contribution in [0.1, 0.15) is 41.5 Å². The normalized spacial score (nSPS) is 19.4. The minimum Gasteiger partial charge on any atom is -0.246 e. The molecule has 1 aliphatic rings. The van der Waals surface area contributed by atoms with Crippen LogP contribution in [0.15, 0.2) is 7.54 Å². The Morgan fingerprint density at radius 3 is 1.26 bits per heavy atom. The van der Waals surface area contributed by atoms with E-state index in [9.17, 15) is 29.4 Å². The second-order valence-electron chi connectivity index (χ2n) is 6.68. The zero-order valence-electron chi connectivity index (χ0n) is 13.3. The van der Waals surface area contributed by atoms with Crippen LogP contribution in [0.4, 0.5) is 12.6 Å². The largest absolute Gasteiger partial charge is 0.427 e. The Kier molecular flexibility index (Phi) is 4.56. The molecule has 1 rings (SSSR count). The molecule has 0 aromatic rings. The van der Waals surface area contributed by atoms with Crippen LogP contribution in [-0.4, -0.2) is 42.6 Å². The highest BCUT2D eigenvalue weighted by atomic mass is 32.3. The van der Waals surface area contributed by atoms with Crippen molar-refractivity contribution in [3.05, 3.63) is 0 Å². The lowest BCUT2D eigenvalue weighted by Crippen LogP contribution is -2.73. The minimum absolute atomic E-state index is 0.666. The molecule has 1 saturated heterocycles. The van der Waals surface area contributed by atoms with Crippen molar-refractivity contribution in [1.29, 1.82) is 0 Å². The topological polar surface area (TPSA) is 117 Å². The zero-order chi connectivity index (χ0) is 18.6. The fourth-order valence-electron chi connectivity index (χ4n) is 2.04. The molecule has 0 radical (unpaired) electrons. The summed E-state index contributed by atoms with van der Waals surface area (Å²) in [6, 6.07) is -0.834. The highest BCUT2D eigenvalue weighted by molar-refractivity contribution is 8.06. The molecular formula is C9H18F2N4O5S3. The van der Waals surface area contributed by atoms with E-state index in [1.165, 1.54) is 41.5 Å². The first kappa shape index (κ1) is 20.0. The summed E-state index contributed by atoms with van der Waals surface area (Å²) in [5.74, 6) is 0. The van der Waals surface area contributed by atoms with Crippen LogP contribution in [-0.2, 0) is 30.8 Å². The molecule has 14 heteroatoms. The third-order valence-electron chi connectivity index (χ3n) is 2.43. The number of urea groups is 1. The van der Waals surface area contributed by atoms with Crippen molar-refractivity contribution in [3.63, 3.8) is 0 Å². The van der Waals surface area contributed by atoms with Gasteiger partial charge in [-0.3, -0.25) is 0 Å². The highest BCUT2D eigenvalue weighted by Gasteiger charge is 2.57. The first-order valence-electron chi connectivity index (χ1n) is 6.17. The molecule has 0 unspecified atom stereocenters. The van der Waals surface area contributed by atoms with E-state index in [0.717, 1.165) is 0 Å². The summed E-state index contributed by atoms with van der Waals surface area (Å²) in [6.07, 6.45) is 0. The van der Waals surface area contributed by atoms with Crippen LogP contribution in [0.3, 0.4) is 0 Å². The predicted molar refractivity (Wildman–Crippen MR) is 80.9 cm³/mol. The number of nitrogens with zero attached hydrogens (tertiary/aromatic N) is 4. The summed E-state index contributed by atoms with van der Waals surface area (Å²) in [7, 11) is -15.3. The van der Waals surface area contributed by atoms with E-state index in [0.29, 0.717) is 8.61 Å². The average molecular weight is 396 g/mol. The molecule has 0 spiro atoms. The molecule has 2 amide bonds. The standard InChI is InChI=1S/C9H18F2N4O5S3/c1-8(2,3)14-7(16)15(9(4,5)6)23(14,12-21(10,17)18)13-22(11,19)20/h1-6H3. The van der Waals surface area contributed by atoms with Crippen molar-refractivity contribution in [3.8, 4) is 0 Å². The minimum atomic E-state index is -5.62. The molecule has 1 fully saturated rings. The van der Waals surface area contributed by atoms with E-state index in [-0.39, 0.29) is 0 Å². The molecule has 0 aromatic carbocycles. The summed E-state index contributed by atoms with van der Waals surface area (Å²) < 4.78 is 77.5. The lowest BCUT2D eigenvalue weighted by Gasteiger charge is -2.56. The van der Waals surface area contributed by atoms with Crippen LogP contribution < -0.4 is 0 Å². The maximum atomic E-state index is 13.2. The molecule has 9 nitrogen and oxygen atoms in total. The number of halogens is 2. The van der Waals surface area contributed by atoms with Gasteiger partial charge >= 0.3 is 26.8 Å². The second-order valence-corrected chi connectivity index (χ2v) is 11.2. The van der Waals surface area contributed by atoms with Crippen molar-refractivity contribution in [2.75, 3.05) is 0 Å². The van der Waals surface area contributed by atoms with E-state index >= 15 is 0 Å². The van der Waals surface area contributed by atoms with Gasteiger partial charge in [-0.05, 0) is 41.5 Å². The van der Waals surface area contributed by atoms with E-state index in [4.69, 9.17) is 0 Å². The monoisotopic (exact) mass is 396 g/mol.